The van der Waals surface area contributed by atoms with E-state index in [1.807, 2.05) is 6.07 Å². The number of anilines is 1. The van der Waals surface area contributed by atoms with Crippen LogP contribution in [-0.2, 0) is 0 Å². The Morgan fingerprint density at radius 1 is 1.41 bits per heavy atom. The monoisotopic (exact) mass is 380 g/mol. The van der Waals surface area contributed by atoms with E-state index in [4.69, 9.17) is 11.0 Å². The van der Waals surface area contributed by atoms with Crippen LogP contribution in [0.2, 0.25) is 0 Å². The molecule has 0 amide bonds. The molecule has 2 aromatic rings. The van der Waals surface area contributed by atoms with Gasteiger partial charge >= 0.3 is 0 Å². The molecule has 0 spiro atoms. The molecule has 4 nitrogen and oxygen atoms in total. The maximum atomic E-state index is 13.8. The average Bonchev–Trinajstić information content (AvgIpc) is 2.90. The molecule has 0 bridgehead atoms. The smallest absolute Gasteiger partial charge is 0.186 e. The minimum Gasteiger partial charge on any atom is -0.348 e. The van der Waals surface area contributed by atoms with Crippen molar-refractivity contribution in [3.8, 4) is 17.3 Å². The van der Waals surface area contributed by atoms with E-state index in [0.717, 1.165) is 34.8 Å². The van der Waals surface area contributed by atoms with Crippen LogP contribution in [0.25, 0.3) is 11.3 Å². The summed E-state index contributed by atoms with van der Waals surface area (Å²) in [5.74, 6) is -0.523. The molecule has 1 aromatic carbocycles. The first-order valence-electron chi connectivity index (χ1n) is 6.95. The Labute approximate surface area is 140 Å². The predicted molar refractivity (Wildman–Crippen MR) is 89.3 cm³/mol. The molecule has 0 unspecified atom stereocenters. The molecule has 1 saturated heterocycles. The second-order valence-electron chi connectivity index (χ2n) is 5.25. The molecule has 2 N–H and O–H groups in total. The largest absolute Gasteiger partial charge is 0.348 e. The van der Waals surface area contributed by atoms with Crippen LogP contribution in [0.4, 0.5) is 9.52 Å². The number of nitriles is 1. The normalized spacial score (nSPS) is 15.8. The lowest BCUT2D eigenvalue weighted by atomic mass is 10.1. The number of thiazole rings is 1. The Morgan fingerprint density at radius 3 is 2.77 bits per heavy atom. The molecule has 1 aliphatic rings. The lowest BCUT2D eigenvalue weighted by molar-refractivity contribution is 0.501. The molecule has 2 heterocycles. The van der Waals surface area contributed by atoms with Crippen LogP contribution in [0.15, 0.2) is 22.0 Å². The third-order valence-corrected chi connectivity index (χ3v) is 5.51. The molecule has 114 valence electrons. The van der Waals surface area contributed by atoms with Gasteiger partial charge in [0, 0.05) is 24.7 Å². The summed E-state index contributed by atoms with van der Waals surface area (Å²) in [6.45, 7) is 1.78. The van der Waals surface area contributed by atoms with E-state index in [9.17, 15) is 4.39 Å². The van der Waals surface area contributed by atoms with E-state index in [-0.39, 0.29) is 11.6 Å². The highest BCUT2D eigenvalue weighted by atomic mass is 79.9. The molecule has 0 radical (unpaired) electrons. The first kappa shape index (κ1) is 15.4. The molecule has 22 heavy (non-hydrogen) atoms. The van der Waals surface area contributed by atoms with Crippen molar-refractivity contribution in [2.45, 2.75) is 18.9 Å². The third-order valence-electron chi connectivity index (χ3n) is 3.75. The number of benzene rings is 1. The van der Waals surface area contributed by atoms with Crippen molar-refractivity contribution >= 4 is 32.4 Å². The van der Waals surface area contributed by atoms with Crippen LogP contribution in [0.5, 0.6) is 0 Å². The van der Waals surface area contributed by atoms with Crippen molar-refractivity contribution < 1.29 is 4.39 Å². The number of hydrogen-bond acceptors (Lipinski definition) is 5. The lowest BCUT2D eigenvalue weighted by Gasteiger charge is -2.29. The van der Waals surface area contributed by atoms with Gasteiger partial charge in [-0.25, -0.2) is 9.37 Å². The zero-order valence-corrected chi connectivity index (χ0v) is 14.1. The van der Waals surface area contributed by atoms with Crippen molar-refractivity contribution in [3.05, 3.63) is 33.4 Å². The Morgan fingerprint density at radius 2 is 2.14 bits per heavy atom. The average molecular weight is 381 g/mol. The Balaban J connectivity index is 1.89. The second-order valence-corrected chi connectivity index (χ2v) is 7.55. The van der Waals surface area contributed by atoms with Gasteiger partial charge in [-0.1, -0.05) is 17.4 Å². The highest BCUT2D eigenvalue weighted by Crippen LogP contribution is 2.38. The van der Waals surface area contributed by atoms with Gasteiger partial charge in [-0.05, 0) is 40.9 Å². The van der Waals surface area contributed by atoms with Crippen LogP contribution in [0.1, 0.15) is 18.4 Å². The minimum atomic E-state index is -0.523. The zero-order valence-electron chi connectivity index (χ0n) is 11.7. The van der Waals surface area contributed by atoms with E-state index < -0.39 is 5.82 Å². The quantitative estimate of drug-likeness (QED) is 0.865. The maximum Gasteiger partial charge on any atom is 0.186 e. The minimum absolute atomic E-state index is 0.0420. The van der Waals surface area contributed by atoms with Gasteiger partial charge in [0.1, 0.15) is 11.9 Å². The van der Waals surface area contributed by atoms with Crippen LogP contribution in [0, 0.1) is 17.1 Å². The standard InChI is InChI=1S/C15H14BrFN4S/c16-14-13(9-1-2-10(8-18)12(17)7-9)20-15(22-14)21-5-3-11(19)4-6-21/h1-2,7,11H,3-6,19H2. The van der Waals surface area contributed by atoms with Gasteiger partial charge in [-0.15, -0.1) is 0 Å². The van der Waals surface area contributed by atoms with Gasteiger partial charge < -0.3 is 10.6 Å². The lowest BCUT2D eigenvalue weighted by Crippen LogP contribution is -2.39. The number of nitrogens with zero attached hydrogens (tertiary/aromatic N) is 3. The zero-order chi connectivity index (χ0) is 15.7. The summed E-state index contributed by atoms with van der Waals surface area (Å²) in [7, 11) is 0. The molecule has 1 fully saturated rings. The van der Waals surface area contributed by atoms with E-state index in [1.54, 1.807) is 6.07 Å². The highest BCUT2D eigenvalue weighted by molar-refractivity contribution is 9.11. The fourth-order valence-corrected chi connectivity index (χ4v) is 4.07. The summed E-state index contributed by atoms with van der Waals surface area (Å²) in [5, 5.41) is 9.72. The number of rotatable bonds is 2. The van der Waals surface area contributed by atoms with Crippen molar-refractivity contribution in [1.82, 2.24) is 4.98 Å². The van der Waals surface area contributed by atoms with Crippen LogP contribution < -0.4 is 10.6 Å². The first-order chi connectivity index (χ1) is 10.6. The van der Waals surface area contributed by atoms with E-state index in [1.165, 1.54) is 23.5 Å². The topological polar surface area (TPSA) is 65.9 Å². The first-order valence-corrected chi connectivity index (χ1v) is 8.56. The van der Waals surface area contributed by atoms with Crippen LogP contribution in [0.3, 0.4) is 0 Å². The van der Waals surface area contributed by atoms with Crippen molar-refractivity contribution in [2.24, 2.45) is 5.73 Å². The number of aromatic nitrogens is 1. The summed E-state index contributed by atoms with van der Waals surface area (Å²) in [4.78, 5) is 6.84. The molecule has 0 aliphatic carbocycles. The van der Waals surface area contributed by atoms with Gasteiger partial charge in [0.2, 0.25) is 0 Å². The van der Waals surface area contributed by atoms with Gasteiger partial charge in [0.05, 0.1) is 15.0 Å². The molecule has 1 aliphatic heterocycles. The number of nitrogens with two attached hydrogens (primary N) is 1. The second kappa shape index (κ2) is 6.32. The number of piperidine rings is 1. The van der Waals surface area contributed by atoms with Crippen LogP contribution in [-0.4, -0.2) is 24.1 Å². The van der Waals surface area contributed by atoms with Crippen molar-refractivity contribution in [2.75, 3.05) is 18.0 Å². The van der Waals surface area contributed by atoms with Crippen LogP contribution >= 0.6 is 27.3 Å². The van der Waals surface area contributed by atoms with Gasteiger partial charge in [0.15, 0.2) is 5.13 Å². The Hall–Kier alpha value is -1.49. The van der Waals surface area contributed by atoms with E-state index in [0.29, 0.717) is 11.3 Å². The molecule has 3 rings (SSSR count). The van der Waals surface area contributed by atoms with Gasteiger partial charge in [-0.2, -0.15) is 5.26 Å². The highest BCUT2D eigenvalue weighted by Gasteiger charge is 2.21. The molecule has 1 aromatic heterocycles. The Kier molecular flexibility index (Phi) is 4.43. The molecular formula is C15H14BrFN4S. The summed E-state index contributed by atoms with van der Waals surface area (Å²) in [6.07, 6.45) is 1.91. The number of hydrogen-bond donors (Lipinski definition) is 1. The number of halogens is 2. The predicted octanol–water partition coefficient (Wildman–Crippen LogP) is 3.51. The summed E-state index contributed by atoms with van der Waals surface area (Å²) < 4.78 is 14.6. The molecule has 0 saturated carbocycles. The summed E-state index contributed by atoms with van der Waals surface area (Å²) >= 11 is 5.05. The molecule has 7 heteroatoms. The molecule has 0 atom stereocenters. The van der Waals surface area contributed by atoms with Gasteiger partial charge in [-0.3, -0.25) is 0 Å². The third kappa shape index (κ3) is 3.00. The van der Waals surface area contributed by atoms with Crippen molar-refractivity contribution in [3.63, 3.8) is 0 Å². The van der Waals surface area contributed by atoms with Crippen molar-refractivity contribution in [1.29, 1.82) is 5.26 Å². The summed E-state index contributed by atoms with van der Waals surface area (Å²) in [5.41, 5.74) is 7.34. The van der Waals surface area contributed by atoms with E-state index >= 15 is 0 Å². The van der Waals surface area contributed by atoms with Gasteiger partial charge in [0.25, 0.3) is 0 Å². The Bertz CT molecular complexity index is 732. The fraction of sp³-hybridized carbons (Fsp3) is 0.333. The SMILES string of the molecule is N#Cc1ccc(-c2nc(N3CCC(N)CC3)sc2Br)cc1F. The van der Waals surface area contributed by atoms with E-state index in [2.05, 4.69) is 25.8 Å². The summed E-state index contributed by atoms with van der Waals surface area (Å²) in [6, 6.07) is 6.65. The molecular weight excluding hydrogens is 367 g/mol. The maximum absolute atomic E-state index is 13.8. The fourth-order valence-electron chi connectivity index (χ4n) is 2.45.